The topological polar surface area (TPSA) is 80.9 Å². The Hall–Kier alpha value is -4.33. The van der Waals surface area contributed by atoms with Crippen molar-refractivity contribution in [2.75, 3.05) is 27.9 Å². The van der Waals surface area contributed by atoms with Crippen molar-refractivity contribution in [1.82, 2.24) is 9.88 Å². The third-order valence-corrected chi connectivity index (χ3v) is 6.61. The fourth-order valence-electron chi connectivity index (χ4n) is 4.82. The van der Waals surface area contributed by atoms with Crippen LogP contribution in [0.1, 0.15) is 33.1 Å². The average molecular weight is 489 g/mol. The lowest BCUT2D eigenvalue weighted by Gasteiger charge is -2.38. The number of hydrogen-bond donors (Lipinski definition) is 1. The summed E-state index contributed by atoms with van der Waals surface area (Å²) in [6.07, 6.45) is 0.506. The highest BCUT2D eigenvalue weighted by Gasteiger charge is 2.36. The smallest absolute Gasteiger partial charge is 0.257 e. The van der Waals surface area contributed by atoms with Crippen LogP contribution in [-0.2, 0) is 6.42 Å². The fourth-order valence-corrected chi connectivity index (χ4v) is 4.82. The highest BCUT2D eigenvalue weighted by Crippen LogP contribution is 2.41. The van der Waals surface area contributed by atoms with Crippen LogP contribution in [0.15, 0.2) is 65.5 Å². The quantitative estimate of drug-likeness (QED) is 0.448. The minimum atomic E-state index is -0.778. The van der Waals surface area contributed by atoms with E-state index in [1.54, 1.807) is 49.5 Å². The molecule has 0 bridgehead atoms. The number of carbonyl (C=O) groups excluding carboxylic acids is 1. The van der Waals surface area contributed by atoms with Crippen molar-refractivity contribution in [1.29, 1.82) is 0 Å². The molecule has 0 aliphatic carbocycles. The van der Waals surface area contributed by atoms with E-state index in [1.807, 2.05) is 12.1 Å². The summed E-state index contributed by atoms with van der Waals surface area (Å²) in [5, 5.41) is 0.745. The third kappa shape index (κ3) is 3.94. The molecule has 3 aromatic carbocycles. The molecule has 8 heteroatoms. The minimum Gasteiger partial charge on any atom is -0.497 e. The number of hydrogen-bond acceptors (Lipinski definition) is 5. The van der Waals surface area contributed by atoms with Gasteiger partial charge in [-0.25, -0.2) is 4.39 Å². The second-order valence-corrected chi connectivity index (χ2v) is 8.54. The summed E-state index contributed by atoms with van der Waals surface area (Å²) < 4.78 is 31.0. The van der Waals surface area contributed by atoms with Gasteiger partial charge in [0.15, 0.2) is 11.5 Å². The van der Waals surface area contributed by atoms with E-state index in [4.69, 9.17) is 14.2 Å². The lowest BCUT2D eigenvalue weighted by molar-refractivity contribution is 0.0688. The minimum absolute atomic E-state index is 0.0506. The predicted octanol–water partition coefficient (Wildman–Crippen LogP) is 4.48. The Morgan fingerprint density at radius 1 is 0.944 bits per heavy atom. The van der Waals surface area contributed by atoms with E-state index in [9.17, 15) is 14.0 Å². The molecule has 1 amide bonds. The van der Waals surface area contributed by atoms with Crippen molar-refractivity contribution < 1.29 is 23.4 Å². The maximum atomic E-state index is 14.6. The van der Waals surface area contributed by atoms with Gasteiger partial charge in [0.2, 0.25) is 0 Å². The lowest BCUT2D eigenvalue weighted by Crippen LogP contribution is -2.42. The summed E-state index contributed by atoms with van der Waals surface area (Å²) in [5.41, 5.74) is 2.24. The van der Waals surface area contributed by atoms with E-state index < -0.39 is 17.8 Å². The van der Waals surface area contributed by atoms with Crippen LogP contribution in [0.3, 0.4) is 0 Å². The Balaban J connectivity index is 1.74. The fraction of sp³-hybridized carbons (Fsp3) is 0.214. The van der Waals surface area contributed by atoms with Gasteiger partial charge in [-0.15, -0.1) is 0 Å². The summed E-state index contributed by atoms with van der Waals surface area (Å²) in [7, 11) is 4.65. The Morgan fingerprint density at radius 3 is 2.42 bits per heavy atom. The van der Waals surface area contributed by atoms with Crippen molar-refractivity contribution in [2.45, 2.75) is 12.5 Å². The summed E-state index contributed by atoms with van der Waals surface area (Å²) in [4.78, 5) is 31.5. The molecule has 0 saturated carbocycles. The van der Waals surface area contributed by atoms with Crippen molar-refractivity contribution >= 4 is 16.8 Å². The second kappa shape index (κ2) is 9.37. The second-order valence-electron chi connectivity index (χ2n) is 8.54. The van der Waals surface area contributed by atoms with Gasteiger partial charge >= 0.3 is 0 Å². The maximum absolute atomic E-state index is 14.6. The largest absolute Gasteiger partial charge is 0.497 e. The first-order chi connectivity index (χ1) is 17.4. The number of benzene rings is 3. The number of H-pyrrole nitrogens is 1. The number of rotatable bonds is 5. The number of nitrogens with zero attached hydrogens (tertiary/aromatic N) is 1. The average Bonchev–Trinajstić information content (AvgIpc) is 2.90. The molecule has 4 aromatic rings. The molecule has 1 aliphatic rings. The number of halogens is 1. The van der Waals surface area contributed by atoms with Crippen LogP contribution in [0.4, 0.5) is 4.39 Å². The van der Waals surface area contributed by atoms with E-state index in [0.29, 0.717) is 34.7 Å². The molecule has 7 nitrogen and oxygen atoms in total. The van der Waals surface area contributed by atoms with Crippen LogP contribution < -0.4 is 19.8 Å². The number of aromatic amines is 1. The molecule has 2 heterocycles. The number of methoxy groups -OCH3 is 3. The van der Waals surface area contributed by atoms with Gasteiger partial charge < -0.3 is 24.1 Å². The van der Waals surface area contributed by atoms with Crippen LogP contribution >= 0.6 is 0 Å². The molecule has 1 N–H and O–H groups in total. The Morgan fingerprint density at radius 2 is 1.69 bits per heavy atom. The predicted molar refractivity (Wildman–Crippen MR) is 134 cm³/mol. The molecule has 1 atom stereocenters. The van der Waals surface area contributed by atoms with Crippen LogP contribution in [-0.4, -0.2) is 43.7 Å². The highest BCUT2D eigenvalue weighted by atomic mass is 19.1. The molecule has 1 aliphatic heterocycles. The Kier molecular flexibility index (Phi) is 6.10. The molecule has 0 spiro atoms. The van der Waals surface area contributed by atoms with Crippen LogP contribution in [0.2, 0.25) is 0 Å². The molecule has 36 heavy (non-hydrogen) atoms. The van der Waals surface area contributed by atoms with Gasteiger partial charge in [0.05, 0.1) is 32.9 Å². The maximum Gasteiger partial charge on any atom is 0.257 e. The molecular formula is C28H25FN2O5. The van der Waals surface area contributed by atoms with E-state index in [0.717, 1.165) is 16.5 Å². The first-order valence-corrected chi connectivity index (χ1v) is 11.5. The van der Waals surface area contributed by atoms with Crippen molar-refractivity contribution in [2.24, 2.45) is 0 Å². The number of fused-ring (bicyclic) bond motifs is 2. The van der Waals surface area contributed by atoms with Crippen LogP contribution in [0.5, 0.6) is 17.2 Å². The number of nitrogens with one attached hydrogen (secondary N) is 1. The van der Waals surface area contributed by atoms with Gasteiger partial charge in [-0.3, -0.25) is 9.59 Å². The zero-order valence-corrected chi connectivity index (χ0v) is 20.1. The van der Waals surface area contributed by atoms with Crippen molar-refractivity contribution in [3.05, 3.63) is 99.1 Å². The highest BCUT2D eigenvalue weighted by molar-refractivity contribution is 5.95. The summed E-state index contributed by atoms with van der Waals surface area (Å²) in [6, 6.07) is 15.8. The molecule has 0 radical (unpaired) electrons. The normalized spacial score (nSPS) is 14.9. The first-order valence-electron chi connectivity index (χ1n) is 11.5. The van der Waals surface area contributed by atoms with E-state index in [2.05, 4.69) is 4.98 Å². The summed E-state index contributed by atoms with van der Waals surface area (Å²) in [5.74, 6) is 0.553. The summed E-state index contributed by atoms with van der Waals surface area (Å²) in [6.45, 7) is 0.288. The number of ether oxygens (including phenoxy) is 3. The summed E-state index contributed by atoms with van der Waals surface area (Å²) >= 11 is 0. The molecule has 184 valence electrons. The first kappa shape index (κ1) is 23.4. The number of amides is 1. The molecule has 5 rings (SSSR count). The zero-order valence-electron chi connectivity index (χ0n) is 20.1. The zero-order chi connectivity index (χ0) is 25.4. The standard InChI is InChI=1S/C28H25FN2O5/c1-34-18-8-9-23-17(12-18)13-21(27(32)30-23)26-20-15-25(36-3)24(35-2)14-16(20)10-11-31(26)28(33)19-6-4-5-7-22(19)29/h4-9,12-15,26H,10-11H2,1-3H3,(H,30,32). The Labute approximate surface area is 207 Å². The van der Waals surface area contributed by atoms with Gasteiger partial charge in [-0.2, -0.15) is 0 Å². The lowest BCUT2D eigenvalue weighted by atomic mass is 9.87. The van der Waals surface area contributed by atoms with Crippen molar-refractivity contribution in [3.8, 4) is 17.2 Å². The van der Waals surface area contributed by atoms with E-state index in [1.165, 1.54) is 25.3 Å². The van der Waals surface area contributed by atoms with Gasteiger partial charge in [-0.1, -0.05) is 12.1 Å². The van der Waals surface area contributed by atoms with Gasteiger partial charge in [0.1, 0.15) is 11.6 Å². The van der Waals surface area contributed by atoms with Crippen LogP contribution in [0, 0.1) is 5.82 Å². The van der Waals surface area contributed by atoms with E-state index >= 15 is 0 Å². The van der Waals surface area contributed by atoms with Gasteiger partial charge in [-0.05, 0) is 66.1 Å². The molecule has 1 unspecified atom stereocenters. The number of pyridine rings is 1. The monoisotopic (exact) mass is 488 g/mol. The number of aromatic nitrogens is 1. The SMILES string of the molecule is COc1ccc2[nH]c(=O)c(C3c4cc(OC)c(OC)cc4CCN3C(=O)c3ccccc3F)cc2c1. The molecular weight excluding hydrogens is 463 g/mol. The van der Waals surface area contributed by atoms with Gasteiger partial charge in [0.25, 0.3) is 11.5 Å². The molecule has 1 aromatic heterocycles. The Bertz CT molecular complexity index is 1530. The van der Waals surface area contributed by atoms with Crippen LogP contribution in [0.25, 0.3) is 10.9 Å². The molecule has 0 fully saturated rings. The molecule has 0 saturated heterocycles. The number of carbonyl (C=O) groups is 1. The third-order valence-electron chi connectivity index (χ3n) is 6.61. The van der Waals surface area contributed by atoms with Gasteiger partial charge in [0, 0.05) is 23.0 Å². The van der Waals surface area contributed by atoms with Crippen molar-refractivity contribution in [3.63, 3.8) is 0 Å². The van der Waals surface area contributed by atoms with E-state index in [-0.39, 0.29) is 17.7 Å².